The molecule has 2 N–H and O–H groups in total. The predicted molar refractivity (Wildman–Crippen MR) is 161 cm³/mol. The van der Waals surface area contributed by atoms with Gasteiger partial charge in [0.05, 0.1) is 13.1 Å². The highest BCUT2D eigenvalue weighted by atomic mass is 16.6. The molecule has 0 aromatic heterocycles. The number of amides is 2. The van der Waals surface area contributed by atoms with Crippen molar-refractivity contribution in [1.29, 1.82) is 0 Å². The van der Waals surface area contributed by atoms with Gasteiger partial charge in [0.1, 0.15) is 25.2 Å². The van der Waals surface area contributed by atoms with Gasteiger partial charge in [0.25, 0.3) is 0 Å². The molecule has 2 fully saturated rings. The third kappa shape index (κ3) is 8.63. The van der Waals surface area contributed by atoms with Gasteiger partial charge in [0.2, 0.25) is 0 Å². The van der Waals surface area contributed by atoms with Crippen LogP contribution in [0.1, 0.15) is 16.7 Å². The van der Waals surface area contributed by atoms with Gasteiger partial charge in [-0.1, -0.05) is 60.7 Å². The van der Waals surface area contributed by atoms with Gasteiger partial charge in [-0.2, -0.15) is 4.99 Å². The lowest BCUT2D eigenvalue weighted by Gasteiger charge is -2.34. The highest BCUT2D eigenvalue weighted by Crippen LogP contribution is 2.23. The average Bonchev–Trinajstić information content (AvgIpc) is 3.40. The normalized spacial score (nSPS) is 17.9. The Morgan fingerprint density at radius 2 is 1.40 bits per heavy atom. The van der Waals surface area contributed by atoms with E-state index in [1.807, 2.05) is 60.7 Å². The molecule has 2 aliphatic rings. The topological polar surface area (TPSA) is 127 Å². The first-order valence-corrected chi connectivity index (χ1v) is 14.2. The van der Waals surface area contributed by atoms with Crippen LogP contribution >= 0.6 is 0 Å². The van der Waals surface area contributed by atoms with Crippen molar-refractivity contribution in [3.05, 3.63) is 102 Å². The molecule has 11 nitrogen and oxygen atoms in total. The van der Waals surface area contributed by atoms with E-state index in [4.69, 9.17) is 19.9 Å². The molecule has 1 atom stereocenters. The van der Waals surface area contributed by atoms with E-state index in [-0.39, 0.29) is 37.7 Å². The molecule has 0 saturated carbocycles. The number of ether oxygens (including phenoxy) is 3. The fourth-order valence-corrected chi connectivity index (χ4v) is 4.94. The first-order valence-electron chi connectivity index (χ1n) is 14.2. The Morgan fingerprint density at radius 1 is 0.814 bits per heavy atom. The quantitative estimate of drug-likeness (QED) is 0.165. The second-order valence-electron chi connectivity index (χ2n) is 10.4. The number of rotatable bonds is 10. The number of amidine groups is 1. The smallest absolute Gasteiger partial charge is 0.435 e. The first-order chi connectivity index (χ1) is 20.9. The Balaban J connectivity index is 1.04. The van der Waals surface area contributed by atoms with E-state index >= 15 is 0 Å². The van der Waals surface area contributed by atoms with Crippen LogP contribution in [0.25, 0.3) is 0 Å². The minimum absolute atomic E-state index is 0.0232. The van der Waals surface area contributed by atoms with Gasteiger partial charge in [0, 0.05) is 44.0 Å². The molecular weight excluding hydrogens is 550 g/mol. The number of nitrogens with zero attached hydrogens (tertiary/aromatic N) is 4. The van der Waals surface area contributed by atoms with Gasteiger partial charge < -0.3 is 19.9 Å². The van der Waals surface area contributed by atoms with Gasteiger partial charge in [-0.05, 0) is 35.4 Å². The number of esters is 1. The molecule has 2 aliphatic heterocycles. The molecule has 2 amide bonds. The number of aliphatic imine (C=N–C) groups is 1. The van der Waals surface area contributed by atoms with E-state index in [2.05, 4.69) is 14.8 Å². The molecule has 0 aliphatic carbocycles. The van der Waals surface area contributed by atoms with Crippen molar-refractivity contribution in [2.24, 2.45) is 10.7 Å². The standard InChI is InChI=1S/C32H35N5O6/c33-30(34-31(39)42-23-25-9-5-2-6-10-25)26-11-13-27(14-12-26)37-20-28(43-32(37)40)19-35-15-17-36(18-16-35)21-29(38)41-22-24-7-3-1-4-8-24/h1-14,28H,15-23H2,(H2,33,34,39). The van der Waals surface area contributed by atoms with Gasteiger partial charge in [-0.25, -0.2) is 9.59 Å². The van der Waals surface area contributed by atoms with Crippen LogP contribution in [-0.4, -0.2) is 85.7 Å². The molecule has 43 heavy (non-hydrogen) atoms. The zero-order valence-electron chi connectivity index (χ0n) is 23.8. The predicted octanol–water partition coefficient (Wildman–Crippen LogP) is 3.41. The summed E-state index contributed by atoms with van der Waals surface area (Å²) in [5.74, 6) is -0.213. The summed E-state index contributed by atoms with van der Waals surface area (Å²) in [7, 11) is 0. The van der Waals surface area contributed by atoms with Crippen LogP contribution in [0.3, 0.4) is 0 Å². The molecule has 2 heterocycles. The second-order valence-corrected chi connectivity index (χ2v) is 10.4. The van der Waals surface area contributed by atoms with Crippen molar-refractivity contribution in [2.45, 2.75) is 19.3 Å². The van der Waals surface area contributed by atoms with Gasteiger partial charge >= 0.3 is 18.2 Å². The lowest BCUT2D eigenvalue weighted by atomic mass is 10.1. The maximum atomic E-state index is 12.6. The maximum Gasteiger partial charge on any atom is 0.435 e. The molecule has 0 spiro atoms. The van der Waals surface area contributed by atoms with Crippen molar-refractivity contribution < 1.29 is 28.6 Å². The van der Waals surface area contributed by atoms with Crippen molar-refractivity contribution in [3.8, 4) is 0 Å². The fourth-order valence-electron chi connectivity index (χ4n) is 4.94. The number of hydrogen-bond acceptors (Lipinski definition) is 8. The van der Waals surface area contributed by atoms with Gasteiger partial charge in [-0.3, -0.25) is 19.5 Å². The summed E-state index contributed by atoms with van der Waals surface area (Å²) < 4.78 is 16.2. The number of piperazine rings is 1. The van der Waals surface area contributed by atoms with E-state index in [1.54, 1.807) is 29.2 Å². The molecular formula is C32H35N5O6. The monoisotopic (exact) mass is 585 g/mol. The van der Waals surface area contributed by atoms with Crippen LogP contribution in [0, 0.1) is 0 Å². The zero-order valence-corrected chi connectivity index (χ0v) is 23.8. The average molecular weight is 586 g/mol. The van der Waals surface area contributed by atoms with E-state index in [9.17, 15) is 14.4 Å². The lowest BCUT2D eigenvalue weighted by molar-refractivity contribution is -0.146. The Bertz CT molecular complexity index is 1410. The van der Waals surface area contributed by atoms with Crippen molar-refractivity contribution in [1.82, 2.24) is 9.80 Å². The minimum Gasteiger partial charge on any atom is -0.460 e. The summed E-state index contributed by atoms with van der Waals surface area (Å²) >= 11 is 0. The van der Waals surface area contributed by atoms with Crippen LogP contribution < -0.4 is 10.6 Å². The summed E-state index contributed by atoms with van der Waals surface area (Å²) in [4.78, 5) is 46.7. The van der Waals surface area contributed by atoms with E-state index in [0.717, 1.165) is 37.3 Å². The van der Waals surface area contributed by atoms with Crippen LogP contribution in [-0.2, 0) is 32.2 Å². The Kier molecular flexibility index (Phi) is 9.98. The van der Waals surface area contributed by atoms with Crippen LogP contribution in [0.2, 0.25) is 0 Å². The summed E-state index contributed by atoms with van der Waals surface area (Å²) in [6.45, 7) is 4.65. The van der Waals surface area contributed by atoms with E-state index in [0.29, 0.717) is 24.3 Å². The van der Waals surface area contributed by atoms with Crippen LogP contribution in [0.5, 0.6) is 0 Å². The molecule has 0 bridgehead atoms. The minimum atomic E-state index is -0.778. The Morgan fingerprint density at radius 3 is 2.02 bits per heavy atom. The molecule has 1 unspecified atom stereocenters. The SMILES string of the molecule is N/C(=N/C(=O)OCc1ccccc1)c1ccc(N2CC(CN3CCN(CC(=O)OCc4ccccc4)CC3)OC2=O)cc1. The number of carbonyl (C=O) groups is 3. The second kappa shape index (κ2) is 14.4. The summed E-state index contributed by atoms with van der Waals surface area (Å²) in [6, 6.07) is 25.8. The van der Waals surface area contributed by atoms with Gasteiger partial charge in [-0.15, -0.1) is 0 Å². The highest BCUT2D eigenvalue weighted by Gasteiger charge is 2.34. The number of nitrogens with two attached hydrogens (primary N) is 1. The zero-order chi connectivity index (χ0) is 30.0. The fraction of sp³-hybridized carbons (Fsp3) is 0.312. The number of hydrogen-bond donors (Lipinski definition) is 1. The number of benzene rings is 3. The third-order valence-corrected chi connectivity index (χ3v) is 7.29. The first kappa shape index (κ1) is 29.7. The van der Waals surface area contributed by atoms with Gasteiger partial charge in [0.15, 0.2) is 0 Å². The van der Waals surface area contributed by atoms with Crippen molar-refractivity contribution in [2.75, 3.05) is 50.7 Å². The molecule has 3 aromatic carbocycles. The van der Waals surface area contributed by atoms with Crippen LogP contribution in [0.4, 0.5) is 15.3 Å². The molecule has 2 saturated heterocycles. The number of carbonyl (C=O) groups excluding carboxylic acids is 3. The largest absolute Gasteiger partial charge is 0.460 e. The Labute approximate surface area is 250 Å². The lowest BCUT2D eigenvalue weighted by Crippen LogP contribution is -2.50. The molecule has 3 aromatic rings. The molecule has 5 rings (SSSR count). The maximum absolute atomic E-state index is 12.6. The third-order valence-electron chi connectivity index (χ3n) is 7.29. The highest BCUT2D eigenvalue weighted by molar-refractivity contribution is 6.03. The summed E-state index contributed by atoms with van der Waals surface area (Å²) in [5, 5.41) is 0. The molecule has 0 radical (unpaired) electrons. The number of cyclic esters (lactones) is 1. The number of anilines is 1. The van der Waals surface area contributed by atoms with Crippen molar-refractivity contribution in [3.63, 3.8) is 0 Å². The Hall–Kier alpha value is -4.74. The summed E-state index contributed by atoms with van der Waals surface area (Å²) in [5.41, 5.74) is 9.02. The summed E-state index contributed by atoms with van der Waals surface area (Å²) in [6.07, 6.45) is -1.47. The van der Waals surface area contributed by atoms with Crippen molar-refractivity contribution >= 4 is 29.7 Å². The van der Waals surface area contributed by atoms with E-state index < -0.39 is 12.2 Å². The van der Waals surface area contributed by atoms with Crippen LogP contribution in [0.15, 0.2) is 89.9 Å². The molecule has 224 valence electrons. The van der Waals surface area contributed by atoms with E-state index in [1.165, 1.54) is 0 Å². The molecule has 11 heteroatoms.